The molecular weight excluding hydrogens is 302 g/mol. The molecule has 0 bridgehead atoms. The number of para-hydroxylation sites is 1. The van der Waals surface area contributed by atoms with E-state index in [0.717, 1.165) is 11.3 Å². The molecule has 0 radical (unpaired) electrons. The van der Waals surface area contributed by atoms with Gasteiger partial charge in [0, 0.05) is 5.56 Å². The Morgan fingerprint density at radius 2 is 1.86 bits per heavy atom. The Balaban J connectivity index is 1.69. The van der Waals surface area contributed by atoms with Crippen molar-refractivity contribution in [3.8, 4) is 23.0 Å². The summed E-state index contributed by atoms with van der Waals surface area (Å²) in [7, 11) is 1.63. The number of ether oxygens (including phenoxy) is 2. The van der Waals surface area contributed by atoms with Crippen molar-refractivity contribution in [2.45, 2.75) is 6.61 Å². The lowest BCUT2D eigenvalue weighted by Gasteiger charge is -2.05. The van der Waals surface area contributed by atoms with E-state index in [1.54, 1.807) is 19.4 Å². The molecule has 3 aromatic rings. The van der Waals surface area contributed by atoms with Gasteiger partial charge in [0.25, 0.3) is 0 Å². The van der Waals surface area contributed by atoms with Crippen molar-refractivity contribution in [2.75, 3.05) is 7.11 Å². The maximum Gasteiger partial charge on any atom is 0.226 e. The van der Waals surface area contributed by atoms with Crippen molar-refractivity contribution in [3.63, 3.8) is 0 Å². The third-order valence-electron chi connectivity index (χ3n) is 3.10. The van der Waals surface area contributed by atoms with Crippen LogP contribution in [0.1, 0.15) is 5.69 Å². The third kappa shape index (κ3) is 3.23. The Kier molecular flexibility index (Phi) is 4.30. The smallest absolute Gasteiger partial charge is 0.226 e. The van der Waals surface area contributed by atoms with Crippen LogP contribution in [0.5, 0.6) is 11.5 Å². The number of rotatable bonds is 5. The molecule has 4 nitrogen and oxygen atoms in total. The van der Waals surface area contributed by atoms with Gasteiger partial charge in [-0.25, -0.2) is 4.98 Å². The lowest BCUT2D eigenvalue weighted by atomic mass is 10.2. The van der Waals surface area contributed by atoms with E-state index < -0.39 is 0 Å². The van der Waals surface area contributed by atoms with E-state index in [1.165, 1.54) is 0 Å². The van der Waals surface area contributed by atoms with Gasteiger partial charge in [0.1, 0.15) is 30.1 Å². The first-order valence-electron chi connectivity index (χ1n) is 6.72. The number of benzene rings is 2. The van der Waals surface area contributed by atoms with E-state index in [2.05, 4.69) is 4.98 Å². The molecule has 0 aliphatic carbocycles. The number of halogens is 1. The number of aromatic nitrogens is 1. The first kappa shape index (κ1) is 14.5. The molecule has 3 rings (SSSR count). The van der Waals surface area contributed by atoms with Gasteiger partial charge in [0.15, 0.2) is 0 Å². The van der Waals surface area contributed by atoms with Crippen molar-refractivity contribution in [1.82, 2.24) is 4.98 Å². The molecule has 2 aromatic carbocycles. The van der Waals surface area contributed by atoms with E-state index in [1.807, 2.05) is 42.5 Å². The van der Waals surface area contributed by atoms with Gasteiger partial charge in [-0.3, -0.25) is 0 Å². The molecule has 0 aliphatic rings. The van der Waals surface area contributed by atoms with Crippen LogP contribution < -0.4 is 9.47 Å². The van der Waals surface area contributed by atoms with Crippen molar-refractivity contribution < 1.29 is 13.9 Å². The minimum atomic E-state index is 0.295. The maximum atomic E-state index is 6.04. The molecule has 22 heavy (non-hydrogen) atoms. The van der Waals surface area contributed by atoms with E-state index in [-0.39, 0.29) is 0 Å². The minimum Gasteiger partial charge on any atom is -0.497 e. The molecule has 5 heteroatoms. The molecule has 0 fully saturated rings. The summed E-state index contributed by atoms with van der Waals surface area (Å²) in [6.07, 6.45) is 1.58. The summed E-state index contributed by atoms with van der Waals surface area (Å²) >= 11 is 6.04. The van der Waals surface area contributed by atoms with Gasteiger partial charge >= 0.3 is 0 Å². The molecule has 112 valence electrons. The second-order valence-corrected chi connectivity index (χ2v) is 5.00. The number of oxazole rings is 1. The average molecular weight is 316 g/mol. The predicted molar refractivity (Wildman–Crippen MR) is 84.3 cm³/mol. The summed E-state index contributed by atoms with van der Waals surface area (Å²) in [4.78, 5) is 4.41. The second kappa shape index (κ2) is 6.54. The molecule has 0 N–H and O–H groups in total. The highest BCUT2D eigenvalue weighted by atomic mass is 35.5. The zero-order valence-electron chi connectivity index (χ0n) is 12.0. The van der Waals surface area contributed by atoms with Crippen LogP contribution in [0.15, 0.2) is 59.2 Å². The van der Waals surface area contributed by atoms with Crippen LogP contribution in [-0.2, 0) is 6.61 Å². The van der Waals surface area contributed by atoms with Crippen LogP contribution >= 0.6 is 11.6 Å². The molecule has 0 unspecified atom stereocenters. The lowest BCUT2D eigenvalue weighted by molar-refractivity contribution is 0.301. The highest BCUT2D eigenvalue weighted by molar-refractivity contribution is 6.32. The fourth-order valence-corrected chi connectivity index (χ4v) is 2.14. The fourth-order valence-electron chi connectivity index (χ4n) is 1.95. The van der Waals surface area contributed by atoms with Gasteiger partial charge in [-0.15, -0.1) is 0 Å². The number of methoxy groups -OCH3 is 1. The van der Waals surface area contributed by atoms with Crippen LogP contribution in [0.2, 0.25) is 5.02 Å². The Hall–Kier alpha value is -2.46. The predicted octanol–water partition coefficient (Wildman–Crippen LogP) is 4.58. The van der Waals surface area contributed by atoms with Crippen molar-refractivity contribution in [2.24, 2.45) is 0 Å². The largest absolute Gasteiger partial charge is 0.497 e. The zero-order valence-corrected chi connectivity index (χ0v) is 12.7. The molecule has 1 heterocycles. The number of hydrogen-bond acceptors (Lipinski definition) is 4. The first-order chi connectivity index (χ1) is 10.8. The van der Waals surface area contributed by atoms with Gasteiger partial charge < -0.3 is 13.9 Å². The average Bonchev–Trinajstić information content (AvgIpc) is 3.03. The fraction of sp³-hybridized carbons (Fsp3) is 0.118. The normalized spacial score (nSPS) is 10.5. The number of hydrogen-bond donors (Lipinski definition) is 0. The summed E-state index contributed by atoms with van der Waals surface area (Å²) in [5, 5.41) is 0.571. The molecule has 1 aromatic heterocycles. The summed E-state index contributed by atoms with van der Waals surface area (Å²) in [6.45, 7) is 0.295. The molecule has 0 saturated heterocycles. The topological polar surface area (TPSA) is 44.5 Å². The van der Waals surface area contributed by atoms with Crippen molar-refractivity contribution in [1.29, 1.82) is 0 Å². The van der Waals surface area contributed by atoms with Gasteiger partial charge in [0.2, 0.25) is 5.89 Å². The summed E-state index contributed by atoms with van der Waals surface area (Å²) < 4.78 is 16.2. The highest BCUT2D eigenvalue weighted by Gasteiger charge is 2.08. The highest BCUT2D eigenvalue weighted by Crippen LogP contribution is 2.25. The van der Waals surface area contributed by atoms with Crippen LogP contribution in [-0.4, -0.2) is 12.1 Å². The molecule has 0 amide bonds. The molecule has 0 aliphatic heterocycles. The van der Waals surface area contributed by atoms with Gasteiger partial charge in [-0.2, -0.15) is 0 Å². The van der Waals surface area contributed by atoms with Crippen molar-refractivity contribution in [3.05, 3.63) is 65.5 Å². The van der Waals surface area contributed by atoms with E-state index in [4.69, 9.17) is 25.5 Å². The van der Waals surface area contributed by atoms with Crippen molar-refractivity contribution >= 4 is 11.6 Å². The Labute approximate surface area is 133 Å². The van der Waals surface area contributed by atoms with Crippen LogP contribution in [0, 0.1) is 0 Å². The minimum absolute atomic E-state index is 0.295. The Bertz CT molecular complexity index is 753. The zero-order chi connectivity index (χ0) is 15.4. The van der Waals surface area contributed by atoms with Gasteiger partial charge in [0.05, 0.1) is 12.1 Å². The monoisotopic (exact) mass is 315 g/mol. The van der Waals surface area contributed by atoms with Crippen LogP contribution in [0.25, 0.3) is 11.5 Å². The van der Waals surface area contributed by atoms with Crippen LogP contribution in [0.4, 0.5) is 0 Å². The number of nitrogens with zero attached hydrogens (tertiary/aromatic N) is 1. The van der Waals surface area contributed by atoms with E-state index in [9.17, 15) is 0 Å². The van der Waals surface area contributed by atoms with E-state index in [0.29, 0.717) is 29.0 Å². The maximum absolute atomic E-state index is 6.04. The first-order valence-corrected chi connectivity index (χ1v) is 7.10. The quantitative estimate of drug-likeness (QED) is 0.691. The molecular formula is C17H14ClNO3. The Morgan fingerprint density at radius 3 is 2.59 bits per heavy atom. The summed E-state index contributed by atoms with van der Waals surface area (Å²) in [5.74, 6) is 1.95. The third-order valence-corrected chi connectivity index (χ3v) is 3.41. The molecule has 0 spiro atoms. The SMILES string of the molecule is COc1ccc(-c2nc(COc3ccccc3Cl)co2)cc1. The molecule has 0 atom stereocenters. The Morgan fingerprint density at radius 1 is 1.09 bits per heavy atom. The lowest BCUT2D eigenvalue weighted by Crippen LogP contribution is -1.96. The van der Waals surface area contributed by atoms with Gasteiger partial charge in [-0.05, 0) is 36.4 Å². The molecule has 0 saturated carbocycles. The summed E-state index contributed by atoms with van der Waals surface area (Å²) in [6, 6.07) is 14.8. The van der Waals surface area contributed by atoms with E-state index >= 15 is 0 Å². The summed E-state index contributed by atoms with van der Waals surface area (Å²) in [5.41, 5.74) is 1.58. The van der Waals surface area contributed by atoms with Gasteiger partial charge in [-0.1, -0.05) is 23.7 Å². The standard InChI is InChI=1S/C17H14ClNO3/c1-20-14-8-6-12(7-9-14)17-19-13(11-22-17)10-21-16-5-3-2-4-15(16)18/h2-9,11H,10H2,1H3. The van der Waals surface area contributed by atoms with Crippen LogP contribution in [0.3, 0.4) is 0 Å². The second-order valence-electron chi connectivity index (χ2n) is 4.59.